The zero-order valence-electron chi connectivity index (χ0n) is 14.0. The summed E-state index contributed by atoms with van der Waals surface area (Å²) >= 11 is 0. The first-order chi connectivity index (χ1) is 11.1. The molecule has 0 unspecified atom stereocenters. The van der Waals surface area contributed by atoms with Gasteiger partial charge in [-0.15, -0.1) is 0 Å². The lowest BCUT2D eigenvalue weighted by Crippen LogP contribution is -2.39. The molecule has 0 aromatic carbocycles. The van der Waals surface area contributed by atoms with Crippen LogP contribution in [-0.2, 0) is 17.9 Å². The first-order valence-corrected chi connectivity index (χ1v) is 8.36. The lowest BCUT2D eigenvalue weighted by Gasteiger charge is -2.32. The van der Waals surface area contributed by atoms with Crippen molar-refractivity contribution in [3.8, 4) is 0 Å². The van der Waals surface area contributed by atoms with Crippen molar-refractivity contribution in [2.75, 3.05) is 13.1 Å². The van der Waals surface area contributed by atoms with E-state index < -0.39 is 0 Å². The molecule has 0 bridgehead atoms. The molecule has 0 N–H and O–H groups in total. The van der Waals surface area contributed by atoms with E-state index in [9.17, 15) is 4.79 Å². The maximum atomic E-state index is 12.3. The molecule has 124 valence electrons. The summed E-state index contributed by atoms with van der Waals surface area (Å²) in [5, 5.41) is 4.36. The Morgan fingerprint density at radius 1 is 1.30 bits per heavy atom. The number of hydrogen-bond donors (Lipinski definition) is 0. The third-order valence-electron chi connectivity index (χ3n) is 4.67. The number of amides is 1. The van der Waals surface area contributed by atoms with Crippen molar-refractivity contribution in [1.29, 1.82) is 0 Å². The zero-order chi connectivity index (χ0) is 16.2. The largest absolute Gasteiger partial charge is 0.343 e. The van der Waals surface area contributed by atoms with Gasteiger partial charge < -0.3 is 9.47 Å². The minimum Gasteiger partial charge on any atom is -0.343 e. The van der Waals surface area contributed by atoms with Crippen LogP contribution in [0.5, 0.6) is 0 Å². The highest BCUT2D eigenvalue weighted by molar-refractivity contribution is 5.76. The predicted octanol–water partition coefficient (Wildman–Crippen LogP) is 2.03. The number of rotatable bonds is 5. The minimum atomic E-state index is 0.256. The summed E-state index contributed by atoms with van der Waals surface area (Å²) in [5.74, 6) is 1.84. The molecule has 0 saturated carbocycles. The van der Waals surface area contributed by atoms with E-state index in [4.69, 9.17) is 0 Å². The van der Waals surface area contributed by atoms with E-state index in [2.05, 4.69) is 23.2 Å². The predicted molar refractivity (Wildman–Crippen MR) is 87.8 cm³/mol. The molecule has 23 heavy (non-hydrogen) atoms. The zero-order valence-corrected chi connectivity index (χ0v) is 14.0. The Bertz CT molecular complexity index is 651. The maximum Gasteiger partial charge on any atom is 0.224 e. The van der Waals surface area contributed by atoms with E-state index in [0.29, 0.717) is 12.3 Å². The first-order valence-electron chi connectivity index (χ1n) is 8.36. The summed E-state index contributed by atoms with van der Waals surface area (Å²) in [6.07, 6.45) is 10.4. The summed E-state index contributed by atoms with van der Waals surface area (Å²) in [5.41, 5.74) is 1.20. The summed E-state index contributed by atoms with van der Waals surface area (Å²) in [6.45, 7) is 7.44. The smallest absolute Gasteiger partial charge is 0.224 e. The molecule has 1 aliphatic rings. The van der Waals surface area contributed by atoms with E-state index in [0.717, 1.165) is 44.8 Å². The number of nitrogens with zero attached hydrogens (tertiary/aromatic N) is 5. The highest BCUT2D eigenvalue weighted by Gasteiger charge is 2.23. The Morgan fingerprint density at radius 2 is 2.09 bits per heavy atom. The van der Waals surface area contributed by atoms with Crippen molar-refractivity contribution in [1.82, 2.24) is 24.2 Å². The second kappa shape index (κ2) is 6.98. The molecule has 0 radical (unpaired) electrons. The standard InChI is InChI=1S/C17H25N5O/c1-14-11-19-22(12-14)13-16-3-7-21(8-4-16)17(23)5-9-20-10-6-18-15(20)2/h6,10-12,16H,3-5,7-9,13H2,1-2H3. The third kappa shape index (κ3) is 4.00. The summed E-state index contributed by atoms with van der Waals surface area (Å²) in [7, 11) is 0. The van der Waals surface area contributed by atoms with Gasteiger partial charge in [0.25, 0.3) is 0 Å². The van der Waals surface area contributed by atoms with Crippen molar-refractivity contribution in [2.45, 2.75) is 46.2 Å². The van der Waals surface area contributed by atoms with Crippen molar-refractivity contribution in [3.05, 3.63) is 36.2 Å². The van der Waals surface area contributed by atoms with Crippen LogP contribution < -0.4 is 0 Å². The van der Waals surface area contributed by atoms with Crippen molar-refractivity contribution < 1.29 is 4.79 Å². The van der Waals surface area contributed by atoms with Gasteiger partial charge in [-0.1, -0.05) is 0 Å². The van der Waals surface area contributed by atoms with E-state index in [1.165, 1.54) is 5.56 Å². The Hall–Kier alpha value is -2.11. The molecular weight excluding hydrogens is 290 g/mol. The van der Waals surface area contributed by atoms with Crippen LogP contribution in [0.4, 0.5) is 0 Å². The second-order valence-corrected chi connectivity index (χ2v) is 6.48. The van der Waals surface area contributed by atoms with Crippen LogP contribution in [0.15, 0.2) is 24.8 Å². The molecule has 3 heterocycles. The van der Waals surface area contributed by atoms with Gasteiger partial charge in [0, 0.05) is 51.2 Å². The lowest BCUT2D eigenvalue weighted by atomic mass is 9.96. The highest BCUT2D eigenvalue weighted by Crippen LogP contribution is 2.19. The molecular formula is C17H25N5O. The van der Waals surface area contributed by atoms with Gasteiger partial charge in [-0.05, 0) is 38.2 Å². The van der Waals surface area contributed by atoms with Crippen LogP contribution in [0.25, 0.3) is 0 Å². The molecule has 1 saturated heterocycles. The van der Waals surface area contributed by atoms with Crippen molar-refractivity contribution in [2.24, 2.45) is 5.92 Å². The first kappa shape index (κ1) is 15.8. The van der Waals surface area contributed by atoms with Crippen LogP contribution >= 0.6 is 0 Å². The number of imidazole rings is 1. The number of piperidine rings is 1. The average Bonchev–Trinajstić information content (AvgIpc) is 3.14. The van der Waals surface area contributed by atoms with E-state index in [1.54, 1.807) is 6.20 Å². The molecule has 2 aromatic heterocycles. The summed E-state index contributed by atoms with van der Waals surface area (Å²) in [4.78, 5) is 18.5. The highest BCUT2D eigenvalue weighted by atomic mass is 16.2. The average molecular weight is 315 g/mol. The molecule has 0 spiro atoms. The molecule has 6 nitrogen and oxygen atoms in total. The van der Waals surface area contributed by atoms with Crippen LogP contribution in [0.2, 0.25) is 0 Å². The molecule has 1 amide bonds. The molecule has 2 aromatic rings. The van der Waals surface area contributed by atoms with E-state index >= 15 is 0 Å². The normalized spacial score (nSPS) is 16.0. The molecule has 0 atom stereocenters. The number of aromatic nitrogens is 4. The van der Waals surface area contributed by atoms with Crippen LogP contribution in [0.3, 0.4) is 0 Å². The van der Waals surface area contributed by atoms with E-state index in [-0.39, 0.29) is 5.91 Å². The van der Waals surface area contributed by atoms with Crippen molar-refractivity contribution in [3.63, 3.8) is 0 Å². The molecule has 0 aliphatic carbocycles. The Kier molecular flexibility index (Phi) is 4.79. The fraction of sp³-hybridized carbons (Fsp3) is 0.588. The third-order valence-corrected chi connectivity index (χ3v) is 4.67. The molecule has 1 fully saturated rings. The summed E-state index contributed by atoms with van der Waals surface area (Å²) < 4.78 is 4.06. The van der Waals surface area contributed by atoms with Crippen LogP contribution in [0.1, 0.15) is 30.7 Å². The van der Waals surface area contributed by atoms with Gasteiger partial charge in [-0.25, -0.2) is 4.98 Å². The topological polar surface area (TPSA) is 56.0 Å². The summed E-state index contributed by atoms with van der Waals surface area (Å²) in [6, 6.07) is 0. The van der Waals surface area contributed by atoms with Crippen molar-refractivity contribution >= 4 is 5.91 Å². The number of aryl methyl sites for hydroxylation is 3. The fourth-order valence-electron chi connectivity index (χ4n) is 3.21. The quantitative estimate of drug-likeness (QED) is 0.848. The van der Waals surface area contributed by atoms with Gasteiger partial charge in [0.05, 0.1) is 6.20 Å². The van der Waals surface area contributed by atoms with Gasteiger partial charge in [0.2, 0.25) is 5.91 Å². The number of hydrogen-bond acceptors (Lipinski definition) is 3. The fourth-order valence-corrected chi connectivity index (χ4v) is 3.21. The SMILES string of the molecule is Cc1cnn(CC2CCN(C(=O)CCn3ccnc3C)CC2)c1. The number of likely N-dealkylation sites (tertiary alicyclic amines) is 1. The van der Waals surface area contributed by atoms with Crippen LogP contribution in [-0.4, -0.2) is 43.2 Å². The molecule has 1 aliphatic heterocycles. The Morgan fingerprint density at radius 3 is 2.70 bits per heavy atom. The number of carbonyl (C=O) groups excluding carboxylic acids is 1. The molecule has 6 heteroatoms. The lowest BCUT2D eigenvalue weighted by molar-refractivity contribution is -0.132. The second-order valence-electron chi connectivity index (χ2n) is 6.48. The Balaban J connectivity index is 1.43. The van der Waals surface area contributed by atoms with Gasteiger partial charge in [0.15, 0.2) is 0 Å². The van der Waals surface area contributed by atoms with Gasteiger partial charge in [-0.3, -0.25) is 9.48 Å². The van der Waals surface area contributed by atoms with Gasteiger partial charge >= 0.3 is 0 Å². The van der Waals surface area contributed by atoms with Gasteiger partial charge in [0.1, 0.15) is 5.82 Å². The minimum absolute atomic E-state index is 0.256. The monoisotopic (exact) mass is 315 g/mol. The maximum absolute atomic E-state index is 12.3. The Labute approximate surface area is 137 Å². The number of carbonyl (C=O) groups is 1. The van der Waals surface area contributed by atoms with E-state index in [1.807, 2.05) is 33.5 Å². The molecule has 3 rings (SSSR count). The van der Waals surface area contributed by atoms with Crippen LogP contribution in [0, 0.1) is 19.8 Å². The van der Waals surface area contributed by atoms with Gasteiger partial charge in [-0.2, -0.15) is 5.10 Å².